The number of hydrogen-bond acceptors (Lipinski definition) is 2. The van der Waals surface area contributed by atoms with E-state index in [1.807, 2.05) is 26.8 Å². The Morgan fingerprint density at radius 2 is 1.86 bits per heavy atom. The van der Waals surface area contributed by atoms with Gasteiger partial charge in [-0.3, -0.25) is 0 Å². The molecule has 1 N–H and O–H groups in total. The predicted molar refractivity (Wildman–Crippen MR) is 91.5 cm³/mol. The highest BCUT2D eigenvalue weighted by Gasteiger charge is 2.13. The molecule has 0 saturated carbocycles. The van der Waals surface area contributed by atoms with Crippen LogP contribution >= 0.6 is 0 Å². The third kappa shape index (κ3) is 5.55. The molecule has 122 valence electrons. The summed E-state index contributed by atoms with van der Waals surface area (Å²) in [7, 11) is 0. The van der Waals surface area contributed by atoms with Gasteiger partial charge >= 0.3 is 0 Å². The lowest BCUT2D eigenvalue weighted by Gasteiger charge is -2.16. The minimum absolute atomic E-state index is 0.156. The zero-order valence-corrected chi connectivity index (χ0v) is 14.4. The summed E-state index contributed by atoms with van der Waals surface area (Å²) in [5.74, 6) is 0.675. The van der Waals surface area contributed by atoms with Crippen molar-refractivity contribution in [3.63, 3.8) is 0 Å². The Morgan fingerprint density at radius 3 is 2.36 bits per heavy atom. The van der Waals surface area contributed by atoms with E-state index in [0.29, 0.717) is 11.8 Å². The van der Waals surface area contributed by atoms with Gasteiger partial charge in [-0.1, -0.05) is 33.1 Å². The Labute approximate surface area is 134 Å². The smallest absolute Gasteiger partial charge is 0.166 e. The lowest BCUT2D eigenvalue weighted by atomic mass is 10.0. The highest BCUT2D eigenvalue weighted by Crippen LogP contribution is 2.27. The molecule has 0 spiro atoms. The number of allylic oxidation sites excluding steroid dienone is 2. The molecule has 0 unspecified atom stereocenters. The van der Waals surface area contributed by atoms with Gasteiger partial charge in [0.05, 0.1) is 5.76 Å². The summed E-state index contributed by atoms with van der Waals surface area (Å²) in [6.45, 7) is 17.8. The van der Waals surface area contributed by atoms with Gasteiger partial charge in [-0.25, -0.2) is 4.39 Å². The van der Waals surface area contributed by atoms with E-state index in [0.717, 1.165) is 29.7 Å². The molecule has 0 heterocycles. The summed E-state index contributed by atoms with van der Waals surface area (Å²) in [4.78, 5) is 0. The van der Waals surface area contributed by atoms with Crippen molar-refractivity contribution >= 4 is 0 Å². The summed E-state index contributed by atoms with van der Waals surface area (Å²) in [6.07, 6.45) is 1.54. The van der Waals surface area contributed by atoms with Crippen LogP contribution in [0.1, 0.15) is 45.2 Å². The highest BCUT2D eigenvalue weighted by atomic mass is 19.1. The lowest BCUT2D eigenvalue weighted by Crippen LogP contribution is -2.21. The average molecular weight is 305 g/mol. The largest absolute Gasteiger partial charge is 0.459 e. The minimum Gasteiger partial charge on any atom is -0.459 e. The molecule has 2 nitrogen and oxygen atoms in total. The van der Waals surface area contributed by atoms with E-state index in [4.69, 9.17) is 4.74 Å². The maximum absolute atomic E-state index is 14.3. The predicted octanol–water partition coefficient (Wildman–Crippen LogP) is 5.13. The van der Waals surface area contributed by atoms with Crippen LogP contribution in [0.3, 0.4) is 0 Å². The second-order valence-electron chi connectivity index (χ2n) is 6.35. The molecule has 0 bridgehead atoms. The zero-order valence-electron chi connectivity index (χ0n) is 14.4. The van der Waals surface area contributed by atoms with Crippen molar-refractivity contribution in [2.24, 2.45) is 5.92 Å². The van der Waals surface area contributed by atoms with Crippen molar-refractivity contribution in [3.8, 4) is 5.75 Å². The fraction of sp³-hybridized carbons (Fsp3) is 0.474. The molecule has 0 aliphatic carbocycles. The summed E-state index contributed by atoms with van der Waals surface area (Å²) < 4.78 is 19.8. The Morgan fingerprint density at radius 1 is 1.23 bits per heavy atom. The summed E-state index contributed by atoms with van der Waals surface area (Å²) in [5, 5.41) is 3.27. The number of halogens is 1. The van der Waals surface area contributed by atoms with E-state index in [2.05, 4.69) is 32.3 Å². The lowest BCUT2D eigenvalue weighted by molar-refractivity contribution is 0.349. The molecule has 1 rings (SSSR count). The van der Waals surface area contributed by atoms with Gasteiger partial charge in [0.2, 0.25) is 0 Å². The maximum Gasteiger partial charge on any atom is 0.166 e. The second-order valence-corrected chi connectivity index (χ2v) is 6.35. The molecule has 0 radical (unpaired) electrons. The van der Waals surface area contributed by atoms with Crippen LogP contribution in [0.25, 0.3) is 0 Å². The van der Waals surface area contributed by atoms with Crippen LogP contribution in [0.4, 0.5) is 4.39 Å². The molecule has 1 aromatic carbocycles. The van der Waals surface area contributed by atoms with Crippen molar-refractivity contribution in [1.82, 2.24) is 5.32 Å². The standard InChI is InChI=1S/C19H28FNO/c1-12(2)16(7)22-19-14(5)10-17(11-18(19)20)9-8-15(6)21-13(3)4/h10-13,21H,6-9H2,1-5H3. The van der Waals surface area contributed by atoms with Crippen LogP contribution in [-0.2, 0) is 6.42 Å². The van der Waals surface area contributed by atoms with E-state index in [1.165, 1.54) is 0 Å². The molecule has 0 aromatic heterocycles. The first kappa shape index (κ1) is 18.3. The van der Waals surface area contributed by atoms with Crippen molar-refractivity contribution in [2.75, 3.05) is 0 Å². The topological polar surface area (TPSA) is 21.3 Å². The maximum atomic E-state index is 14.3. The van der Waals surface area contributed by atoms with Crippen molar-refractivity contribution < 1.29 is 9.13 Å². The Bertz CT molecular complexity index is 523. The van der Waals surface area contributed by atoms with E-state index in [1.54, 1.807) is 6.07 Å². The van der Waals surface area contributed by atoms with Crippen molar-refractivity contribution in [3.05, 3.63) is 53.7 Å². The molecule has 0 aliphatic heterocycles. The third-order valence-electron chi connectivity index (χ3n) is 3.37. The molecule has 0 aliphatic rings. The van der Waals surface area contributed by atoms with Gasteiger partial charge in [-0.2, -0.15) is 0 Å². The Kier molecular flexibility index (Phi) is 6.66. The fourth-order valence-corrected chi connectivity index (χ4v) is 2.10. The van der Waals surface area contributed by atoms with Crippen molar-refractivity contribution in [2.45, 2.75) is 53.5 Å². The van der Waals surface area contributed by atoms with Crippen LogP contribution in [0.15, 0.2) is 36.7 Å². The van der Waals surface area contributed by atoms with E-state index in [9.17, 15) is 4.39 Å². The first-order valence-electron chi connectivity index (χ1n) is 7.80. The summed E-state index contributed by atoms with van der Waals surface area (Å²) >= 11 is 0. The number of ether oxygens (including phenoxy) is 1. The van der Waals surface area contributed by atoms with E-state index >= 15 is 0 Å². The summed E-state index contributed by atoms with van der Waals surface area (Å²) in [6, 6.07) is 3.87. The SMILES string of the molecule is C=C(CCc1cc(C)c(OC(=C)C(C)C)c(F)c1)NC(C)C. The van der Waals surface area contributed by atoms with E-state index in [-0.39, 0.29) is 17.5 Å². The number of rotatable bonds is 8. The van der Waals surface area contributed by atoms with E-state index < -0.39 is 0 Å². The Hall–Kier alpha value is -1.77. The van der Waals surface area contributed by atoms with Gasteiger partial charge in [0, 0.05) is 17.7 Å². The fourth-order valence-electron chi connectivity index (χ4n) is 2.10. The third-order valence-corrected chi connectivity index (χ3v) is 3.37. The van der Waals surface area contributed by atoms with Crippen LogP contribution in [0.2, 0.25) is 0 Å². The van der Waals surface area contributed by atoms with Crippen LogP contribution < -0.4 is 10.1 Å². The molecule has 0 amide bonds. The number of nitrogens with one attached hydrogen (secondary N) is 1. The van der Waals surface area contributed by atoms with Crippen molar-refractivity contribution in [1.29, 1.82) is 0 Å². The number of benzene rings is 1. The summed E-state index contributed by atoms with van der Waals surface area (Å²) in [5.41, 5.74) is 2.71. The average Bonchev–Trinajstić information content (AvgIpc) is 2.39. The normalized spacial score (nSPS) is 10.9. The van der Waals surface area contributed by atoms with Crippen LogP contribution in [0.5, 0.6) is 5.75 Å². The van der Waals surface area contributed by atoms with Gasteiger partial charge in [0.15, 0.2) is 11.6 Å². The molecule has 0 fully saturated rings. The quantitative estimate of drug-likeness (QED) is 0.672. The highest BCUT2D eigenvalue weighted by molar-refractivity contribution is 5.39. The number of hydrogen-bond donors (Lipinski definition) is 1. The van der Waals surface area contributed by atoms with Gasteiger partial charge in [-0.15, -0.1) is 0 Å². The number of aryl methyl sites for hydroxylation is 2. The monoisotopic (exact) mass is 305 g/mol. The Balaban J connectivity index is 2.77. The first-order valence-corrected chi connectivity index (χ1v) is 7.80. The van der Waals surface area contributed by atoms with Gasteiger partial charge < -0.3 is 10.1 Å². The minimum atomic E-state index is -0.334. The van der Waals surface area contributed by atoms with Gasteiger partial charge in [-0.05, 0) is 50.8 Å². The second kappa shape index (κ2) is 8.02. The van der Waals surface area contributed by atoms with Crippen LogP contribution in [-0.4, -0.2) is 6.04 Å². The molecule has 0 atom stereocenters. The van der Waals surface area contributed by atoms with Gasteiger partial charge in [0.1, 0.15) is 0 Å². The molecule has 3 heteroatoms. The van der Waals surface area contributed by atoms with Gasteiger partial charge in [0.25, 0.3) is 0 Å². The zero-order chi connectivity index (χ0) is 16.9. The first-order chi connectivity index (χ1) is 10.2. The molecular weight excluding hydrogens is 277 g/mol. The molecular formula is C19H28FNO. The molecule has 22 heavy (non-hydrogen) atoms. The molecule has 1 aromatic rings. The molecule has 0 saturated heterocycles. The van der Waals surface area contributed by atoms with Crippen LogP contribution in [0, 0.1) is 18.7 Å².